The van der Waals surface area contributed by atoms with Gasteiger partial charge in [-0.05, 0) is 54.4 Å². The van der Waals surface area contributed by atoms with E-state index < -0.39 is 17.6 Å². The van der Waals surface area contributed by atoms with E-state index in [1.54, 1.807) is 0 Å². The molecule has 2 aliphatic heterocycles. The second-order valence-electron chi connectivity index (χ2n) is 10.1. The zero-order valence-electron chi connectivity index (χ0n) is 20.0. The first-order valence-corrected chi connectivity index (χ1v) is 12.6. The Bertz CT molecular complexity index is 1090. The van der Waals surface area contributed by atoms with Gasteiger partial charge in [-0.15, -0.1) is 0 Å². The highest BCUT2D eigenvalue weighted by atomic mass is 16.5. The van der Waals surface area contributed by atoms with Gasteiger partial charge in [0.25, 0.3) is 0 Å². The lowest BCUT2D eigenvalue weighted by Crippen LogP contribution is -2.49. The fourth-order valence-electron chi connectivity index (χ4n) is 6.45. The number of aliphatic carboxylic acids is 1. The number of hydrogen-bond donors (Lipinski definition) is 2. The molecule has 2 fully saturated rings. The molecule has 5 rings (SSSR count). The average Bonchev–Trinajstić information content (AvgIpc) is 3.49. The van der Waals surface area contributed by atoms with E-state index in [9.17, 15) is 19.5 Å². The van der Waals surface area contributed by atoms with Gasteiger partial charge in [0.05, 0.1) is 12.0 Å². The number of carbonyl (C=O) groups excluding carboxylic acids is 2. The Morgan fingerprint density at radius 3 is 2.23 bits per heavy atom. The smallest absolute Gasteiger partial charge is 0.407 e. The van der Waals surface area contributed by atoms with Crippen LogP contribution in [0.15, 0.2) is 48.5 Å². The molecule has 0 saturated carbocycles. The Morgan fingerprint density at radius 1 is 1.06 bits per heavy atom. The zero-order chi connectivity index (χ0) is 24.6. The van der Waals surface area contributed by atoms with E-state index in [0.717, 1.165) is 36.8 Å². The van der Waals surface area contributed by atoms with Crippen LogP contribution in [0, 0.1) is 0 Å². The molecule has 2 heterocycles. The highest BCUT2D eigenvalue weighted by Crippen LogP contribution is 2.49. The number of carbonyl (C=O) groups is 3. The minimum absolute atomic E-state index is 0.00810. The molecule has 2 N–H and O–H groups in total. The summed E-state index contributed by atoms with van der Waals surface area (Å²) >= 11 is 0. The summed E-state index contributed by atoms with van der Waals surface area (Å²) in [5, 5.41) is 12.3. The van der Waals surface area contributed by atoms with Crippen molar-refractivity contribution in [3.63, 3.8) is 0 Å². The molecular weight excluding hydrogens is 444 g/mol. The van der Waals surface area contributed by atoms with Gasteiger partial charge in [0.15, 0.2) is 0 Å². The summed E-state index contributed by atoms with van der Waals surface area (Å²) in [5.74, 6) is -0.961. The van der Waals surface area contributed by atoms with Crippen LogP contribution in [0.3, 0.4) is 0 Å². The largest absolute Gasteiger partial charge is 0.481 e. The first kappa shape index (κ1) is 23.4. The number of rotatable bonds is 8. The fraction of sp³-hybridized carbons (Fsp3) is 0.464. The molecule has 7 nitrogen and oxygen atoms in total. The molecule has 2 amide bonds. The number of ether oxygens (including phenoxy) is 1. The van der Waals surface area contributed by atoms with Crippen LogP contribution in [-0.4, -0.2) is 52.2 Å². The zero-order valence-corrected chi connectivity index (χ0v) is 20.0. The van der Waals surface area contributed by atoms with Crippen LogP contribution in [0.4, 0.5) is 4.79 Å². The summed E-state index contributed by atoms with van der Waals surface area (Å²) in [7, 11) is 0. The molecule has 2 bridgehead atoms. The van der Waals surface area contributed by atoms with E-state index in [2.05, 4.69) is 29.6 Å². The maximum atomic E-state index is 13.2. The van der Waals surface area contributed by atoms with Gasteiger partial charge in [-0.25, -0.2) is 4.79 Å². The predicted octanol–water partition coefficient (Wildman–Crippen LogP) is 4.69. The molecule has 2 saturated heterocycles. The van der Waals surface area contributed by atoms with Crippen LogP contribution in [0.2, 0.25) is 0 Å². The summed E-state index contributed by atoms with van der Waals surface area (Å²) in [6, 6.07) is 16.1. The maximum Gasteiger partial charge on any atom is 0.407 e. The number of benzene rings is 2. The highest BCUT2D eigenvalue weighted by Gasteiger charge is 2.54. The second-order valence-corrected chi connectivity index (χ2v) is 10.1. The second kappa shape index (κ2) is 9.36. The van der Waals surface area contributed by atoms with Gasteiger partial charge < -0.3 is 20.1 Å². The molecule has 7 heteroatoms. The van der Waals surface area contributed by atoms with Crippen molar-refractivity contribution in [2.45, 2.75) is 75.4 Å². The van der Waals surface area contributed by atoms with Gasteiger partial charge in [-0.1, -0.05) is 55.5 Å². The lowest BCUT2D eigenvalue weighted by atomic mass is 9.85. The Kier molecular flexibility index (Phi) is 6.26. The van der Waals surface area contributed by atoms with E-state index in [-0.39, 0.29) is 43.4 Å². The summed E-state index contributed by atoms with van der Waals surface area (Å²) in [5.41, 5.74) is 4.08. The van der Waals surface area contributed by atoms with Crippen molar-refractivity contribution < 1.29 is 24.2 Å². The minimum atomic E-state index is -0.867. The monoisotopic (exact) mass is 476 g/mol. The Hall–Kier alpha value is -3.35. The van der Waals surface area contributed by atoms with Gasteiger partial charge in [0.2, 0.25) is 5.91 Å². The number of amides is 2. The molecular formula is C28H32N2O5. The molecule has 3 aliphatic rings. The third kappa shape index (κ3) is 4.28. The third-order valence-electron chi connectivity index (χ3n) is 8.09. The number of carboxylic acid groups (broad SMARTS) is 1. The third-order valence-corrected chi connectivity index (χ3v) is 8.09. The average molecular weight is 477 g/mol. The van der Waals surface area contributed by atoms with Crippen molar-refractivity contribution in [2.75, 3.05) is 6.61 Å². The van der Waals surface area contributed by atoms with Crippen LogP contribution in [0.1, 0.15) is 68.9 Å². The quantitative estimate of drug-likeness (QED) is 0.576. The SMILES string of the molecule is CCC(CC(=O)N1C2CCC1(CC(=O)O)CC2)NC(=O)OCC1c2ccccc2-c2ccccc21. The lowest BCUT2D eigenvalue weighted by Gasteiger charge is -2.34. The van der Waals surface area contributed by atoms with E-state index in [1.807, 2.05) is 36.1 Å². The van der Waals surface area contributed by atoms with Crippen LogP contribution in [0.5, 0.6) is 0 Å². The van der Waals surface area contributed by atoms with Gasteiger partial charge in [0.1, 0.15) is 6.61 Å². The molecule has 0 aromatic heterocycles. The molecule has 2 aromatic carbocycles. The molecule has 184 valence electrons. The Labute approximate surface area is 205 Å². The maximum absolute atomic E-state index is 13.2. The normalized spacial score (nSPS) is 23.0. The van der Waals surface area contributed by atoms with Crippen LogP contribution in [-0.2, 0) is 14.3 Å². The molecule has 35 heavy (non-hydrogen) atoms. The fourth-order valence-corrected chi connectivity index (χ4v) is 6.45. The molecule has 1 unspecified atom stereocenters. The van der Waals surface area contributed by atoms with Crippen LogP contribution in [0.25, 0.3) is 11.1 Å². The minimum Gasteiger partial charge on any atom is -0.481 e. The van der Waals surface area contributed by atoms with Crippen molar-refractivity contribution in [3.05, 3.63) is 59.7 Å². The van der Waals surface area contributed by atoms with Gasteiger partial charge in [-0.2, -0.15) is 0 Å². The molecule has 2 aromatic rings. The van der Waals surface area contributed by atoms with Crippen LogP contribution < -0.4 is 5.32 Å². The first-order valence-electron chi connectivity index (χ1n) is 12.6. The highest BCUT2D eigenvalue weighted by molar-refractivity contribution is 5.81. The molecule has 0 radical (unpaired) electrons. The van der Waals surface area contributed by atoms with E-state index in [0.29, 0.717) is 6.42 Å². The predicted molar refractivity (Wildman–Crippen MR) is 131 cm³/mol. The standard InChI is InChI=1S/C28H32N2O5/c1-2-18(15-25(31)30-19-11-13-28(30,14-12-19)16-26(32)33)29-27(34)35-17-24-22-9-5-3-7-20(22)21-8-4-6-10-23(21)24/h3-10,18-19,24H,2,11-17H2,1H3,(H,29,34)(H,32,33). The number of alkyl carbamates (subject to hydrolysis) is 1. The summed E-state index contributed by atoms with van der Waals surface area (Å²) in [4.78, 5) is 39.2. The van der Waals surface area contributed by atoms with Crippen molar-refractivity contribution in [1.82, 2.24) is 10.2 Å². The van der Waals surface area contributed by atoms with Crippen molar-refractivity contribution in [2.24, 2.45) is 0 Å². The van der Waals surface area contributed by atoms with E-state index in [4.69, 9.17) is 4.74 Å². The number of nitrogens with zero attached hydrogens (tertiary/aromatic N) is 1. The van der Waals surface area contributed by atoms with Crippen LogP contribution >= 0.6 is 0 Å². The first-order chi connectivity index (χ1) is 16.9. The van der Waals surface area contributed by atoms with Crippen molar-refractivity contribution in [3.8, 4) is 11.1 Å². The van der Waals surface area contributed by atoms with E-state index in [1.165, 1.54) is 11.1 Å². The lowest BCUT2D eigenvalue weighted by molar-refractivity contribution is -0.143. The number of fused-ring (bicyclic) bond motifs is 5. The number of carboxylic acids is 1. The van der Waals surface area contributed by atoms with Gasteiger partial charge in [0, 0.05) is 24.4 Å². The molecule has 1 aliphatic carbocycles. The molecule has 1 atom stereocenters. The van der Waals surface area contributed by atoms with Crippen molar-refractivity contribution in [1.29, 1.82) is 0 Å². The van der Waals surface area contributed by atoms with Crippen molar-refractivity contribution >= 4 is 18.0 Å². The Balaban J connectivity index is 1.20. The molecule has 0 spiro atoms. The number of nitrogens with one attached hydrogen (secondary N) is 1. The topological polar surface area (TPSA) is 95.9 Å². The Morgan fingerprint density at radius 2 is 1.66 bits per heavy atom. The summed E-state index contributed by atoms with van der Waals surface area (Å²) in [6.07, 6.45) is 3.39. The summed E-state index contributed by atoms with van der Waals surface area (Å²) in [6.45, 7) is 2.15. The van der Waals surface area contributed by atoms with Gasteiger partial charge in [-0.3, -0.25) is 9.59 Å². The summed E-state index contributed by atoms with van der Waals surface area (Å²) < 4.78 is 5.65. The number of hydrogen-bond acceptors (Lipinski definition) is 4. The van der Waals surface area contributed by atoms with Gasteiger partial charge >= 0.3 is 12.1 Å². The van der Waals surface area contributed by atoms with E-state index >= 15 is 0 Å².